The van der Waals surface area contributed by atoms with Crippen molar-refractivity contribution < 1.29 is 18.7 Å². The molecule has 0 aliphatic carbocycles. The molecule has 146 valence electrons. The average Bonchev–Trinajstić information content (AvgIpc) is 2.73. The van der Waals surface area contributed by atoms with E-state index in [0.717, 1.165) is 18.7 Å². The predicted molar refractivity (Wildman–Crippen MR) is 101 cm³/mol. The van der Waals surface area contributed by atoms with Crippen LogP contribution in [0.2, 0.25) is 0 Å². The summed E-state index contributed by atoms with van der Waals surface area (Å²) in [6, 6.07) is 13.7. The summed E-state index contributed by atoms with van der Waals surface area (Å²) >= 11 is 0. The zero-order valence-electron chi connectivity index (χ0n) is 15.7. The van der Waals surface area contributed by atoms with E-state index in [0.29, 0.717) is 30.9 Å². The highest BCUT2D eigenvalue weighted by Crippen LogP contribution is 2.19. The number of hydrogen-bond donors (Lipinski definition) is 0. The van der Waals surface area contributed by atoms with Gasteiger partial charge in [0.1, 0.15) is 5.75 Å². The highest BCUT2D eigenvalue weighted by Gasteiger charge is 2.21. The maximum absolute atomic E-state index is 13.8. The molecule has 0 aromatic heterocycles. The molecule has 0 N–H and O–H groups in total. The molecule has 0 atom stereocenters. The van der Waals surface area contributed by atoms with E-state index in [4.69, 9.17) is 14.7 Å². The summed E-state index contributed by atoms with van der Waals surface area (Å²) in [5.41, 5.74) is 1.42. The van der Waals surface area contributed by atoms with Gasteiger partial charge in [-0.1, -0.05) is 6.07 Å². The molecule has 0 bridgehead atoms. The lowest BCUT2D eigenvalue weighted by Crippen LogP contribution is -2.49. The number of halogens is 1. The first-order chi connectivity index (χ1) is 13.6. The van der Waals surface area contributed by atoms with Crippen LogP contribution in [-0.2, 0) is 11.3 Å². The monoisotopic (exact) mass is 383 g/mol. The first-order valence-electron chi connectivity index (χ1n) is 9.04. The maximum atomic E-state index is 13.8. The Morgan fingerprint density at radius 3 is 2.46 bits per heavy atom. The molecule has 6 nitrogen and oxygen atoms in total. The molecular weight excluding hydrogens is 361 g/mol. The maximum Gasteiger partial charge on any atom is 0.260 e. The van der Waals surface area contributed by atoms with Gasteiger partial charge in [0.25, 0.3) is 5.91 Å². The Labute approximate surface area is 163 Å². The highest BCUT2D eigenvalue weighted by atomic mass is 19.1. The van der Waals surface area contributed by atoms with Crippen LogP contribution in [0.4, 0.5) is 4.39 Å². The summed E-state index contributed by atoms with van der Waals surface area (Å²) in [6.07, 6.45) is 0. The van der Waals surface area contributed by atoms with Crippen LogP contribution >= 0.6 is 0 Å². The van der Waals surface area contributed by atoms with Crippen molar-refractivity contribution in [1.29, 1.82) is 5.26 Å². The van der Waals surface area contributed by atoms with Gasteiger partial charge in [-0.3, -0.25) is 9.69 Å². The first-order valence-corrected chi connectivity index (χ1v) is 9.04. The summed E-state index contributed by atoms with van der Waals surface area (Å²) in [4.78, 5) is 16.3. The number of benzene rings is 2. The van der Waals surface area contributed by atoms with Crippen molar-refractivity contribution in [2.75, 3.05) is 39.9 Å². The molecule has 1 heterocycles. The molecule has 1 saturated heterocycles. The number of rotatable bonds is 6. The van der Waals surface area contributed by atoms with E-state index in [9.17, 15) is 9.18 Å². The Kier molecular flexibility index (Phi) is 6.45. The fourth-order valence-corrected chi connectivity index (χ4v) is 3.08. The molecule has 1 aliphatic rings. The molecule has 28 heavy (non-hydrogen) atoms. The van der Waals surface area contributed by atoms with Crippen LogP contribution in [0.3, 0.4) is 0 Å². The third-order valence-electron chi connectivity index (χ3n) is 4.69. The number of nitrogens with zero attached hydrogens (tertiary/aromatic N) is 3. The van der Waals surface area contributed by atoms with Gasteiger partial charge in [-0.15, -0.1) is 0 Å². The third-order valence-corrected chi connectivity index (χ3v) is 4.69. The van der Waals surface area contributed by atoms with Gasteiger partial charge < -0.3 is 14.4 Å². The zero-order valence-corrected chi connectivity index (χ0v) is 15.7. The third kappa shape index (κ3) is 4.99. The molecule has 1 fully saturated rings. The second-order valence-corrected chi connectivity index (χ2v) is 6.55. The largest absolute Gasteiger partial charge is 0.494 e. The van der Waals surface area contributed by atoms with Crippen molar-refractivity contribution in [3.63, 3.8) is 0 Å². The topological polar surface area (TPSA) is 65.8 Å². The van der Waals surface area contributed by atoms with Crippen LogP contribution in [-0.4, -0.2) is 55.6 Å². The lowest BCUT2D eigenvalue weighted by Gasteiger charge is -2.34. The molecule has 1 amide bonds. The summed E-state index contributed by atoms with van der Waals surface area (Å²) in [5, 5.41) is 8.79. The van der Waals surface area contributed by atoms with Crippen molar-refractivity contribution in [2.24, 2.45) is 0 Å². The number of hydrogen-bond acceptors (Lipinski definition) is 5. The lowest BCUT2D eigenvalue weighted by molar-refractivity contribution is -0.135. The van der Waals surface area contributed by atoms with Crippen LogP contribution in [0, 0.1) is 17.1 Å². The molecule has 0 unspecified atom stereocenters. The van der Waals surface area contributed by atoms with Crippen molar-refractivity contribution >= 4 is 5.91 Å². The second-order valence-electron chi connectivity index (χ2n) is 6.55. The lowest BCUT2D eigenvalue weighted by atomic mass is 10.2. The van der Waals surface area contributed by atoms with Crippen LogP contribution in [0.15, 0.2) is 42.5 Å². The fraction of sp³-hybridized carbons (Fsp3) is 0.333. The minimum Gasteiger partial charge on any atom is -0.494 e. The Balaban J connectivity index is 1.44. The van der Waals surface area contributed by atoms with Crippen molar-refractivity contribution in [2.45, 2.75) is 6.54 Å². The number of carbonyl (C=O) groups is 1. The minimum absolute atomic E-state index is 0.0322. The van der Waals surface area contributed by atoms with E-state index in [2.05, 4.69) is 4.90 Å². The van der Waals surface area contributed by atoms with Gasteiger partial charge in [-0.25, -0.2) is 4.39 Å². The fourth-order valence-electron chi connectivity index (χ4n) is 3.08. The standard InChI is InChI=1S/C21H22FN3O3/c1-27-20-7-4-17(12-19(20)22)14-24-8-10-25(11-9-24)21(26)15-28-18-5-2-16(13-23)3-6-18/h2-7,12H,8-11,14-15H2,1H3. The smallest absolute Gasteiger partial charge is 0.260 e. The van der Waals surface area contributed by atoms with E-state index < -0.39 is 0 Å². The number of nitriles is 1. The van der Waals surface area contributed by atoms with Gasteiger partial charge in [0.05, 0.1) is 18.7 Å². The van der Waals surface area contributed by atoms with E-state index >= 15 is 0 Å². The molecule has 2 aromatic carbocycles. The summed E-state index contributed by atoms with van der Waals surface area (Å²) < 4.78 is 24.3. The Morgan fingerprint density at radius 2 is 1.86 bits per heavy atom. The first kappa shape index (κ1) is 19.6. The highest BCUT2D eigenvalue weighted by molar-refractivity contribution is 5.77. The molecule has 1 aliphatic heterocycles. The second kappa shape index (κ2) is 9.20. The Hall–Kier alpha value is -3.11. The number of carbonyl (C=O) groups excluding carboxylic acids is 1. The van der Waals surface area contributed by atoms with Gasteiger partial charge in [0.15, 0.2) is 18.2 Å². The van der Waals surface area contributed by atoms with Gasteiger partial charge in [0.2, 0.25) is 0 Å². The molecule has 3 rings (SSSR count). The minimum atomic E-state index is -0.367. The molecule has 2 aromatic rings. The quantitative estimate of drug-likeness (QED) is 0.767. The number of amides is 1. The van der Waals surface area contributed by atoms with Crippen LogP contribution in [0.5, 0.6) is 11.5 Å². The predicted octanol–water partition coefficient (Wildman–Crippen LogP) is 2.43. The van der Waals surface area contributed by atoms with E-state index in [1.54, 1.807) is 35.2 Å². The molecule has 0 spiro atoms. The van der Waals surface area contributed by atoms with E-state index in [-0.39, 0.29) is 24.1 Å². The average molecular weight is 383 g/mol. The Morgan fingerprint density at radius 1 is 1.14 bits per heavy atom. The van der Waals surface area contributed by atoms with Gasteiger partial charge >= 0.3 is 0 Å². The van der Waals surface area contributed by atoms with E-state index in [1.807, 2.05) is 12.1 Å². The van der Waals surface area contributed by atoms with Gasteiger partial charge in [0, 0.05) is 32.7 Å². The van der Waals surface area contributed by atoms with Crippen molar-refractivity contribution in [3.05, 3.63) is 59.4 Å². The summed E-state index contributed by atoms with van der Waals surface area (Å²) in [7, 11) is 1.44. The van der Waals surface area contributed by atoms with E-state index in [1.165, 1.54) is 13.2 Å². The number of ether oxygens (including phenoxy) is 2. The number of piperazine rings is 1. The zero-order chi connectivity index (χ0) is 19.9. The van der Waals surface area contributed by atoms with Crippen LogP contribution < -0.4 is 9.47 Å². The molecule has 0 radical (unpaired) electrons. The van der Waals surface area contributed by atoms with Gasteiger partial charge in [-0.2, -0.15) is 5.26 Å². The van der Waals surface area contributed by atoms with Crippen LogP contribution in [0.1, 0.15) is 11.1 Å². The molecular formula is C21H22FN3O3. The number of methoxy groups -OCH3 is 1. The summed E-state index contributed by atoms with van der Waals surface area (Å²) in [5.74, 6) is 0.363. The molecule has 0 saturated carbocycles. The Bertz CT molecular complexity index is 856. The van der Waals surface area contributed by atoms with Gasteiger partial charge in [-0.05, 0) is 42.0 Å². The van der Waals surface area contributed by atoms with Crippen molar-refractivity contribution in [1.82, 2.24) is 9.80 Å². The normalized spacial score (nSPS) is 14.4. The SMILES string of the molecule is COc1ccc(CN2CCN(C(=O)COc3ccc(C#N)cc3)CC2)cc1F. The van der Waals surface area contributed by atoms with Crippen molar-refractivity contribution in [3.8, 4) is 17.6 Å². The molecule has 7 heteroatoms. The van der Waals surface area contributed by atoms with Crippen LogP contribution in [0.25, 0.3) is 0 Å². The summed E-state index contributed by atoms with van der Waals surface area (Å²) in [6.45, 7) is 3.25.